The van der Waals surface area contributed by atoms with Crippen molar-refractivity contribution in [1.29, 1.82) is 0 Å². The molecule has 0 spiro atoms. The largest absolute Gasteiger partial charge is 0.338 e. The molecule has 0 aliphatic carbocycles. The maximum atomic E-state index is 12.8. The van der Waals surface area contributed by atoms with E-state index in [0.29, 0.717) is 12.5 Å². The fourth-order valence-corrected chi connectivity index (χ4v) is 3.02. The summed E-state index contributed by atoms with van der Waals surface area (Å²) in [7, 11) is 0. The maximum Gasteiger partial charge on any atom is 0.254 e. The normalized spacial score (nSPS) is 18.3. The van der Waals surface area contributed by atoms with Crippen LogP contribution in [0.3, 0.4) is 0 Å². The van der Waals surface area contributed by atoms with Gasteiger partial charge in [-0.15, -0.1) is 12.4 Å². The van der Waals surface area contributed by atoms with Crippen LogP contribution in [0, 0.1) is 5.92 Å². The maximum absolute atomic E-state index is 12.8. The van der Waals surface area contributed by atoms with E-state index < -0.39 is 0 Å². The van der Waals surface area contributed by atoms with Crippen molar-refractivity contribution in [1.82, 2.24) is 4.90 Å². The van der Waals surface area contributed by atoms with Gasteiger partial charge in [-0.05, 0) is 42.1 Å². The number of fused-ring (bicyclic) bond motifs is 1. The fraction of sp³-hybridized carbons (Fsp3) is 0.353. The van der Waals surface area contributed by atoms with Gasteiger partial charge in [0, 0.05) is 18.7 Å². The summed E-state index contributed by atoms with van der Waals surface area (Å²) in [5.41, 5.74) is 6.56. The van der Waals surface area contributed by atoms with Crippen LogP contribution in [0.2, 0.25) is 0 Å². The smallest absolute Gasteiger partial charge is 0.254 e. The SMILES string of the molecule is Cl.NCC1CCCN(C(=O)c2cccc3ccccc23)C1. The molecule has 2 N–H and O–H groups in total. The molecule has 3 rings (SSSR count). The number of halogens is 1. The van der Waals surface area contributed by atoms with Crippen LogP contribution in [0.15, 0.2) is 42.5 Å². The lowest BCUT2D eigenvalue weighted by atomic mass is 9.96. The molecule has 0 aromatic heterocycles. The van der Waals surface area contributed by atoms with Gasteiger partial charge in [0.2, 0.25) is 0 Å². The first kappa shape index (κ1) is 15.8. The Morgan fingerprint density at radius 2 is 1.95 bits per heavy atom. The molecule has 0 radical (unpaired) electrons. The van der Waals surface area contributed by atoms with Crippen LogP contribution in [0.5, 0.6) is 0 Å². The van der Waals surface area contributed by atoms with E-state index in [0.717, 1.165) is 42.3 Å². The molecule has 0 saturated carbocycles. The van der Waals surface area contributed by atoms with Crippen molar-refractivity contribution in [2.24, 2.45) is 11.7 Å². The van der Waals surface area contributed by atoms with E-state index in [9.17, 15) is 4.79 Å². The highest BCUT2D eigenvalue weighted by atomic mass is 35.5. The van der Waals surface area contributed by atoms with Crippen LogP contribution in [0.25, 0.3) is 10.8 Å². The summed E-state index contributed by atoms with van der Waals surface area (Å²) in [5, 5.41) is 2.15. The Kier molecular flexibility index (Phi) is 5.21. The molecule has 1 heterocycles. The van der Waals surface area contributed by atoms with Gasteiger partial charge in [-0.3, -0.25) is 4.79 Å². The molecule has 21 heavy (non-hydrogen) atoms. The van der Waals surface area contributed by atoms with Crippen LogP contribution >= 0.6 is 12.4 Å². The van der Waals surface area contributed by atoms with Gasteiger partial charge in [-0.25, -0.2) is 0 Å². The molecule has 0 bridgehead atoms. The lowest BCUT2D eigenvalue weighted by Crippen LogP contribution is -2.42. The second kappa shape index (κ2) is 6.92. The number of hydrogen-bond acceptors (Lipinski definition) is 2. The molecule has 3 nitrogen and oxygen atoms in total. The Morgan fingerprint density at radius 3 is 2.76 bits per heavy atom. The van der Waals surface area contributed by atoms with Crippen molar-refractivity contribution < 1.29 is 4.79 Å². The van der Waals surface area contributed by atoms with E-state index in [4.69, 9.17) is 5.73 Å². The number of rotatable bonds is 2. The molecule has 1 aliphatic heterocycles. The van der Waals surface area contributed by atoms with Crippen LogP contribution < -0.4 is 5.73 Å². The third-order valence-corrected chi connectivity index (χ3v) is 4.16. The van der Waals surface area contributed by atoms with E-state index in [1.54, 1.807) is 0 Å². The van der Waals surface area contributed by atoms with Gasteiger partial charge in [-0.1, -0.05) is 36.4 Å². The quantitative estimate of drug-likeness (QED) is 0.927. The number of nitrogens with two attached hydrogens (primary N) is 1. The van der Waals surface area contributed by atoms with Gasteiger partial charge in [-0.2, -0.15) is 0 Å². The summed E-state index contributed by atoms with van der Waals surface area (Å²) in [6, 6.07) is 14.0. The minimum atomic E-state index is 0. The van der Waals surface area contributed by atoms with Crippen LogP contribution in [0.1, 0.15) is 23.2 Å². The van der Waals surface area contributed by atoms with Crippen LogP contribution in [0.4, 0.5) is 0 Å². The highest BCUT2D eigenvalue weighted by Gasteiger charge is 2.24. The van der Waals surface area contributed by atoms with Gasteiger partial charge < -0.3 is 10.6 Å². The van der Waals surface area contributed by atoms with Crippen LogP contribution in [-0.4, -0.2) is 30.4 Å². The van der Waals surface area contributed by atoms with E-state index in [1.165, 1.54) is 0 Å². The minimum absolute atomic E-state index is 0. The molecular formula is C17H21ClN2O. The number of nitrogens with zero attached hydrogens (tertiary/aromatic N) is 1. The summed E-state index contributed by atoms with van der Waals surface area (Å²) >= 11 is 0. The zero-order valence-electron chi connectivity index (χ0n) is 12.0. The standard InChI is InChI=1S/C17H20N2O.ClH/c18-11-13-5-4-10-19(12-13)17(20)16-9-3-7-14-6-1-2-8-15(14)16;/h1-3,6-9,13H,4-5,10-12,18H2;1H. The van der Waals surface area contributed by atoms with E-state index >= 15 is 0 Å². The van der Waals surface area contributed by atoms with Crippen molar-refractivity contribution in [3.63, 3.8) is 0 Å². The zero-order chi connectivity index (χ0) is 13.9. The van der Waals surface area contributed by atoms with Crippen LogP contribution in [-0.2, 0) is 0 Å². The molecule has 2 aromatic carbocycles. The number of piperidine rings is 1. The topological polar surface area (TPSA) is 46.3 Å². The molecule has 2 aromatic rings. The number of amides is 1. The molecule has 1 saturated heterocycles. The zero-order valence-corrected chi connectivity index (χ0v) is 12.8. The molecule has 1 amide bonds. The summed E-state index contributed by atoms with van der Waals surface area (Å²) in [5.74, 6) is 0.586. The first-order valence-corrected chi connectivity index (χ1v) is 7.26. The third-order valence-electron chi connectivity index (χ3n) is 4.16. The van der Waals surface area contributed by atoms with Gasteiger partial charge in [0.25, 0.3) is 5.91 Å². The first-order chi connectivity index (χ1) is 9.79. The molecule has 1 fully saturated rings. The minimum Gasteiger partial charge on any atom is -0.338 e. The second-order valence-electron chi connectivity index (χ2n) is 5.52. The van der Waals surface area contributed by atoms with Crippen molar-refractivity contribution >= 4 is 29.1 Å². The lowest BCUT2D eigenvalue weighted by Gasteiger charge is -2.32. The molecular weight excluding hydrogens is 284 g/mol. The first-order valence-electron chi connectivity index (χ1n) is 7.26. The number of benzene rings is 2. The number of hydrogen-bond donors (Lipinski definition) is 1. The summed E-state index contributed by atoms with van der Waals surface area (Å²) in [6.45, 7) is 2.30. The molecule has 1 aliphatic rings. The Balaban J connectivity index is 0.00000161. The Morgan fingerprint density at radius 1 is 1.19 bits per heavy atom. The van der Waals surface area contributed by atoms with E-state index in [1.807, 2.05) is 47.4 Å². The number of carbonyl (C=O) groups is 1. The predicted octanol–water partition coefficient (Wildman–Crippen LogP) is 3.07. The Hall–Kier alpha value is -1.58. The van der Waals surface area contributed by atoms with E-state index in [-0.39, 0.29) is 18.3 Å². The number of carbonyl (C=O) groups excluding carboxylic acids is 1. The van der Waals surface area contributed by atoms with E-state index in [2.05, 4.69) is 0 Å². The molecule has 1 unspecified atom stereocenters. The summed E-state index contributed by atoms with van der Waals surface area (Å²) in [6.07, 6.45) is 2.19. The third kappa shape index (κ3) is 3.20. The highest BCUT2D eigenvalue weighted by Crippen LogP contribution is 2.23. The lowest BCUT2D eigenvalue weighted by molar-refractivity contribution is 0.0680. The Bertz CT molecular complexity index is 624. The molecule has 1 atom stereocenters. The summed E-state index contributed by atoms with van der Waals surface area (Å²) < 4.78 is 0. The van der Waals surface area contributed by atoms with Gasteiger partial charge in [0.05, 0.1) is 0 Å². The van der Waals surface area contributed by atoms with Crippen molar-refractivity contribution in [3.8, 4) is 0 Å². The Labute approximate surface area is 131 Å². The van der Waals surface area contributed by atoms with Gasteiger partial charge in [0.1, 0.15) is 0 Å². The predicted molar refractivity (Wildman–Crippen MR) is 88.9 cm³/mol. The van der Waals surface area contributed by atoms with Crippen molar-refractivity contribution in [2.45, 2.75) is 12.8 Å². The molecule has 112 valence electrons. The monoisotopic (exact) mass is 304 g/mol. The second-order valence-corrected chi connectivity index (χ2v) is 5.52. The number of likely N-dealkylation sites (tertiary alicyclic amines) is 1. The average molecular weight is 305 g/mol. The van der Waals surface area contributed by atoms with Gasteiger partial charge in [0.15, 0.2) is 0 Å². The summed E-state index contributed by atoms with van der Waals surface area (Å²) in [4.78, 5) is 14.7. The fourth-order valence-electron chi connectivity index (χ4n) is 3.02. The van der Waals surface area contributed by atoms with Crippen molar-refractivity contribution in [2.75, 3.05) is 19.6 Å². The highest BCUT2D eigenvalue weighted by molar-refractivity contribution is 6.07. The molecule has 4 heteroatoms. The van der Waals surface area contributed by atoms with Gasteiger partial charge >= 0.3 is 0 Å². The van der Waals surface area contributed by atoms with Crippen molar-refractivity contribution in [3.05, 3.63) is 48.0 Å². The average Bonchev–Trinajstić information content (AvgIpc) is 2.53.